The highest BCUT2D eigenvalue weighted by atomic mass is 35.5. The van der Waals surface area contributed by atoms with Crippen LogP contribution in [0.3, 0.4) is 0 Å². The molecule has 0 saturated carbocycles. The van der Waals surface area contributed by atoms with Crippen LogP contribution in [0.2, 0.25) is 20.1 Å². The highest BCUT2D eigenvalue weighted by Gasteiger charge is 2.39. The van der Waals surface area contributed by atoms with E-state index in [1.807, 2.05) is 30.3 Å². The van der Waals surface area contributed by atoms with E-state index >= 15 is 0 Å². The maximum absolute atomic E-state index is 13.3. The van der Waals surface area contributed by atoms with Crippen LogP contribution in [0.25, 0.3) is 0 Å². The van der Waals surface area contributed by atoms with Crippen LogP contribution in [0.4, 0.5) is 28.9 Å². The van der Waals surface area contributed by atoms with Gasteiger partial charge in [0.25, 0.3) is 24.7 Å². The summed E-state index contributed by atoms with van der Waals surface area (Å²) < 4.78 is 157. The number of nitrogens with one attached hydrogen (secondary N) is 2. The number of rotatable bonds is 20. The van der Waals surface area contributed by atoms with Gasteiger partial charge < -0.3 is 18.9 Å². The first-order chi connectivity index (χ1) is 40.7. The summed E-state index contributed by atoms with van der Waals surface area (Å²) >= 11 is 27.0. The molecule has 2 aromatic heterocycles. The molecule has 0 atom stereocenters. The second kappa shape index (κ2) is 28.7. The first-order valence-electron chi connectivity index (χ1n) is 24.7. The molecule has 0 bridgehead atoms. The number of halogens is 8. The van der Waals surface area contributed by atoms with Gasteiger partial charge in [-0.05, 0) is 35.4 Å². The Labute approximate surface area is 525 Å². The number of ketones is 2. The number of nitrogens with zero attached hydrogens (tertiary/aromatic N) is 6. The number of aromatic nitrogens is 2. The number of thioether (sulfide) groups is 1. The van der Waals surface area contributed by atoms with Gasteiger partial charge in [0.1, 0.15) is 23.0 Å². The molecule has 0 aliphatic carbocycles. The second-order valence-corrected chi connectivity index (χ2v) is 26.8. The molecule has 34 heteroatoms. The van der Waals surface area contributed by atoms with Crippen molar-refractivity contribution in [2.75, 3.05) is 33.0 Å². The minimum atomic E-state index is -4.36. The highest BCUT2D eigenvalue weighted by Crippen LogP contribution is 2.43. The number of benzene rings is 4. The molecule has 4 aliphatic rings. The van der Waals surface area contributed by atoms with E-state index in [1.165, 1.54) is 18.3 Å². The Morgan fingerprint density at radius 2 is 0.943 bits per heavy atom. The molecule has 0 radical (unpaired) electrons. The van der Waals surface area contributed by atoms with Gasteiger partial charge in [-0.25, -0.2) is 62.2 Å². The zero-order chi connectivity index (χ0) is 61.8. The molecule has 2 amide bonds. The van der Waals surface area contributed by atoms with Crippen molar-refractivity contribution < 1.29 is 80.9 Å². The summed E-state index contributed by atoms with van der Waals surface area (Å²) in [6.07, 6.45) is -5.75. The van der Waals surface area contributed by atoms with Crippen molar-refractivity contribution in [3.05, 3.63) is 141 Å². The molecule has 0 spiro atoms. The summed E-state index contributed by atoms with van der Waals surface area (Å²) in [6, 6.07) is 23.7. The number of carbonyl (C=O) groups excluding carboxylic acids is 4. The summed E-state index contributed by atoms with van der Waals surface area (Å²) in [5, 5.41) is 7.28. The summed E-state index contributed by atoms with van der Waals surface area (Å²) in [5.74, 6) is -4.48. The maximum Gasteiger partial charge on any atom is 0.285 e. The van der Waals surface area contributed by atoms with Crippen molar-refractivity contribution in [3.63, 3.8) is 0 Å². The van der Waals surface area contributed by atoms with E-state index in [2.05, 4.69) is 29.6 Å². The van der Waals surface area contributed by atoms with Gasteiger partial charge in [-0.2, -0.15) is 32.0 Å². The number of sulfone groups is 1. The molecule has 4 aliphatic heterocycles. The van der Waals surface area contributed by atoms with E-state index in [4.69, 9.17) is 65.4 Å². The Balaban J connectivity index is 0.000000246. The highest BCUT2D eigenvalue weighted by molar-refractivity contribution is 8.01. The minimum absolute atomic E-state index is 0. The van der Waals surface area contributed by atoms with Crippen LogP contribution in [0.1, 0.15) is 38.8 Å². The molecule has 2 N–H and O–H groups in total. The first-order valence-corrected chi connectivity index (χ1v) is 32.1. The Kier molecular flexibility index (Phi) is 22.3. The maximum atomic E-state index is 13.3. The van der Waals surface area contributed by atoms with E-state index in [9.17, 15) is 62.0 Å². The third-order valence-electron chi connectivity index (χ3n) is 12.2. The second-order valence-electron chi connectivity index (χ2n) is 18.6. The van der Waals surface area contributed by atoms with E-state index in [-0.39, 0.29) is 117 Å². The molecular formula is C54H48Cl4F4N8O14S4. The third-order valence-corrected chi connectivity index (χ3v) is 19.5. The van der Waals surface area contributed by atoms with Crippen LogP contribution in [-0.2, 0) is 62.3 Å². The Morgan fingerprint density at radius 3 is 1.27 bits per heavy atom. The van der Waals surface area contributed by atoms with Crippen LogP contribution in [0.15, 0.2) is 129 Å². The Bertz CT molecular complexity index is 4030. The van der Waals surface area contributed by atoms with Gasteiger partial charge in [0.05, 0.1) is 68.2 Å². The molecule has 88 heavy (non-hydrogen) atoms. The van der Waals surface area contributed by atoms with E-state index in [1.54, 1.807) is 42.1 Å². The molecule has 6 aromatic rings. The molecule has 2 saturated heterocycles. The molecule has 0 unspecified atom stereocenters. The van der Waals surface area contributed by atoms with Gasteiger partial charge in [0, 0.05) is 35.7 Å². The Hall–Kier alpha value is -7.00. The normalized spacial score (nSPS) is 16.1. The van der Waals surface area contributed by atoms with Gasteiger partial charge in [-0.1, -0.05) is 122 Å². The van der Waals surface area contributed by atoms with Gasteiger partial charge in [0.15, 0.2) is 55.8 Å². The fourth-order valence-electron chi connectivity index (χ4n) is 8.05. The number of sulfonamides is 2. The van der Waals surface area contributed by atoms with Crippen molar-refractivity contribution in [2.24, 2.45) is 10.2 Å². The predicted molar refractivity (Wildman–Crippen MR) is 322 cm³/mol. The monoisotopic (exact) mass is 1380 g/mol. The van der Waals surface area contributed by atoms with Crippen LogP contribution < -0.4 is 38.4 Å². The van der Waals surface area contributed by atoms with Crippen LogP contribution in [-0.4, -0.2) is 118 Å². The smallest absolute Gasteiger partial charge is 0.285 e. The number of hydrogen-bond acceptors (Lipinski definition) is 19. The van der Waals surface area contributed by atoms with Crippen molar-refractivity contribution in [3.8, 4) is 34.8 Å². The molecular weight excluding hydrogens is 1330 g/mol. The number of Topliss-reactive ketones (excluding diaryl/α,β-unsaturated/α-hetero) is 2. The van der Waals surface area contributed by atoms with Crippen LogP contribution in [0, 0.1) is 0 Å². The van der Waals surface area contributed by atoms with Crippen molar-refractivity contribution in [1.82, 2.24) is 19.4 Å². The summed E-state index contributed by atoms with van der Waals surface area (Å²) in [7, 11) is -11.8. The molecule has 10 rings (SSSR count). The van der Waals surface area contributed by atoms with Gasteiger partial charge >= 0.3 is 0 Å². The fourth-order valence-corrected chi connectivity index (χ4v) is 14.2. The van der Waals surface area contributed by atoms with Gasteiger partial charge in [0.2, 0.25) is 31.8 Å². The quantitative estimate of drug-likeness (QED) is 0.0530. The summed E-state index contributed by atoms with van der Waals surface area (Å²) in [4.78, 5) is 55.7. The lowest BCUT2D eigenvalue weighted by atomic mass is 10.1. The van der Waals surface area contributed by atoms with Crippen molar-refractivity contribution in [2.45, 2.75) is 75.6 Å². The van der Waals surface area contributed by atoms with Crippen molar-refractivity contribution >= 4 is 134 Å². The topological polar surface area (TPSA) is 289 Å². The number of hydrogen-bond donors (Lipinski definition) is 2. The number of pyridine rings is 2. The molecule has 22 nitrogen and oxygen atoms in total. The summed E-state index contributed by atoms with van der Waals surface area (Å²) in [6.45, 7) is 0.0684. The fraction of sp³-hybridized carbons (Fsp3) is 0.259. The Morgan fingerprint density at radius 1 is 0.580 bits per heavy atom. The largest absolute Gasteiger partial charge is 0.486 e. The lowest BCUT2D eigenvalue weighted by Crippen LogP contribution is -2.52. The number of hydrazone groups is 2. The number of ether oxygens (including phenoxy) is 4. The van der Waals surface area contributed by atoms with E-state index in [0.717, 1.165) is 41.6 Å². The van der Waals surface area contributed by atoms with Crippen molar-refractivity contribution in [1.29, 1.82) is 0 Å². The summed E-state index contributed by atoms with van der Waals surface area (Å²) in [5.41, 5.74) is -0.847. The lowest BCUT2D eigenvalue weighted by Gasteiger charge is -2.26. The number of anilines is 2. The zero-order valence-electron chi connectivity index (χ0n) is 43.4. The minimum Gasteiger partial charge on any atom is -0.486 e. The SMILES string of the molecule is C.C.O=C1CC(=O)N(c2cc(Cl)c(Oc3cc(S(=O)(=O)NC4CS(=O)(=O)C4)c(OCc4ccccc4)cn3)c(Cl)c2)N=C1C(F)F.O=C1CC(=O)N(c2cc(Cl)c(Oc3cc(S(=O)(=O)NC4CSC4)c(OCc4ccccc4)cn3)c(Cl)c2)N=C1C(F)F. The molecule has 4 aromatic carbocycles. The zero-order valence-corrected chi connectivity index (χ0v) is 49.7. The average molecular weight is 1380 g/mol. The number of amides is 2. The standard InChI is InChI=1S/C26H20Cl2F2N4O8S2.C26H20Cl2F2N4O6S2.2CH4/c27-17-6-16(34-23(36)8-19(35)24(32-34)26(29)30)7-18(28)25(17)42-22-9-21(44(39,40)33-15-12-43(37,38)13-15)20(10-31-22)41-11-14-4-2-1-3-5-14;27-17-6-16(34-23(36)8-19(35)24(32-34)26(29)30)7-18(28)25(17)40-22-9-21(42(37,38)33-15-12-41-13-15)20(10-31-22)39-11-14-4-2-1-3-5-14;;/h1-7,9-10,15,26,33H,8,11-13H2;1-7,9-10,15,26,33H,8,11-13H2;2*1H4. The van der Waals surface area contributed by atoms with Crippen LogP contribution >= 0.6 is 58.2 Å². The number of alkyl halides is 4. The lowest BCUT2D eigenvalue weighted by molar-refractivity contribution is -0.126. The van der Waals surface area contributed by atoms with Gasteiger partial charge in [-0.3, -0.25) is 19.2 Å². The first kappa shape index (κ1) is 68.5. The predicted octanol–water partition coefficient (Wildman–Crippen LogP) is 10.1. The average Bonchev–Trinajstić information content (AvgIpc) is 1.45. The molecule has 6 heterocycles. The molecule has 468 valence electrons. The van der Waals surface area contributed by atoms with Gasteiger partial charge in [-0.15, -0.1) is 0 Å². The van der Waals surface area contributed by atoms with E-state index in [0.29, 0.717) is 21.5 Å². The van der Waals surface area contributed by atoms with E-state index < -0.39 is 101 Å². The number of carbonyl (C=O) groups is 4. The van der Waals surface area contributed by atoms with Crippen LogP contribution in [0.5, 0.6) is 34.8 Å². The third kappa shape index (κ3) is 16.4. The molecule has 2 fully saturated rings.